The molecule has 1 heterocycles. The Balaban J connectivity index is 2.30. The lowest BCUT2D eigenvalue weighted by molar-refractivity contribution is -0.152. The van der Waals surface area contributed by atoms with Crippen molar-refractivity contribution < 1.29 is 19.0 Å². The van der Waals surface area contributed by atoms with Gasteiger partial charge in [0.05, 0.1) is 25.9 Å². The van der Waals surface area contributed by atoms with E-state index < -0.39 is 11.5 Å². The van der Waals surface area contributed by atoms with E-state index in [9.17, 15) is 4.79 Å². The van der Waals surface area contributed by atoms with Crippen LogP contribution in [0.25, 0.3) is 0 Å². The second-order valence-corrected chi connectivity index (χ2v) is 3.93. The molecule has 1 aliphatic rings. The van der Waals surface area contributed by atoms with Crippen LogP contribution in [0.4, 0.5) is 0 Å². The first-order valence-electron chi connectivity index (χ1n) is 5.21. The average molecular weight is 217 g/mol. The third-order valence-electron chi connectivity index (χ3n) is 2.25. The Morgan fingerprint density at radius 2 is 2.40 bits per heavy atom. The molecule has 0 aromatic carbocycles. The summed E-state index contributed by atoms with van der Waals surface area (Å²) in [5.74, 6) is -0.427. The quantitative estimate of drug-likeness (QED) is 0.660. The summed E-state index contributed by atoms with van der Waals surface area (Å²) in [5.41, 5.74) is 4.71. The Kier molecular flexibility index (Phi) is 4.50. The van der Waals surface area contributed by atoms with Crippen molar-refractivity contribution in [1.82, 2.24) is 0 Å². The summed E-state index contributed by atoms with van der Waals surface area (Å²) in [6, 6.07) is 0. The van der Waals surface area contributed by atoms with Gasteiger partial charge in [0.2, 0.25) is 0 Å². The highest BCUT2D eigenvalue weighted by Crippen LogP contribution is 2.11. The minimum Gasteiger partial charge on any atom is -0.465 e. The van der Waals surface area contributed by atoms with Gasteiger partial charge in [-0.15, -0.1) is 0 Å². The van der Waals surface area contributed by atoms with Gasteiger partial charge in [-0.05, 0) is 20.3 Å². The molecule has 2 unspecified atom stereocenters. The summed E-state index contributed by atoms with van der Waals surface area (Å²) >= 11 is 0. The molecule has 15 heavy (non-hydrogen) atoms. The number of hydrogen-bond donors (Lipinski definition) is 1. The van der Waals surface area contributed by atoms with Gasteiger partial charge >= 0.3 is 5.97 Å². The third-order valence-corrected chi connectivity index (χ3v) is 2.25. The second kappa shape index (κ2) is 5.44. The fourth-order valence-electron chi connectivity index (χ4n) is 1.29. The molecule has 0 saturated carbocycles. The smallest absolute Gasteiger partial charge is 0.328 e. The SMILES string of the molecule is CCOC(=O)C(C)(N)COC1CCOC1. The summed E-state index contributed by atoms with van der Waals surface area (Å²) in [4.78, 5) is 11.4. The molecule has 0 amide bonds. The Morgan fingerprint density at radius 1 is 1.67 bits per heavy atom. The van der Waals surface area contributed by atoms with Gasteiger partial charge in [0, 0.05) is 6.61 Å². The number of hydrogen-bond acceptors (Lipinski definition) is 5. The zero-order valence-electron chi connectivity index (χ0n) is 9.32. The van der Waals surface area contributed by atoms with Crippen molar-refractivity contribution in [3.63, 3.8) is 0 Å². The molecule has 0 aliphatic carbocycles. The predicted molar refractivity (Wildman–Crippen MR) is 54.4 cm³/mol. The second-order valence-electron chi connectivity index (χ2n) is 3.93. The fourth-order valence-corrected chi connectivity index (χ4v) is 1.29. The molecule has 0 bridgehead atoms. The molecule has 1 saturated heterocycles. The lowest BCUT2D eigenvalue weighted by atomic mass is 10.1. The van der Waals surface area contributed by atoms with Crippen LogP contribution in [0.5, 0.6) is 0 Å². The number of carbonyl (C=O) groups is 1. The highest BCUT2D eigenvalue weighted by atomic mass is 16.6. The van der Waals surface area contributed by atoms with Gasteiger partial charge < -0.3 is 19.9 Å². The van der Waals surface area contributed by atoms with E-state index in [0.717, 1.165) is 6.42 Å². The van der Waals surface area contributed by atoms with Crippen LogP contribution in [-0.2, 0) is 19.0 Å². The largest absolute Gasteiger partial charge is 0.465 e. The third kappa shape index (κ3) is 3.77. The van der Waals surface area contributed by atoms with Gasteiger partial charge in [-0.25, -0.2) is 4.79 Å². The van der Waals surface area contributed by atoms with Crippen LogP contribution in [0.3, 0.4) is 0 Å². The number of rotatable bonds is 5. The molecule has 0 spiro atoms. The van der Waals surface area contributed by atoms with E-state index in [1.807, 2.05) is 0 Å². The van der Waals surface area contributed by atoms with Crippen LogP contribution in [-0.4, -0.2) is 44.0 Å². The molecule has 88 valence electrons. The molecule has 1 aliphatic heterocycles. The summed E-state index contributed by atoms with van der Waals surface area (Å²) < 4.78 is 15.5. The first-order valence-corrected chi connectivity index (χ1v) is 5.21. The number of nitrogens with two attached hydrogens (primary N) is 1. The van der Waals surface area contributed by atoms with Gasteiger partial charge in [0.1, 0.15) is 5.54 Å². The Hall–Kier alpha value is -0.650. The molecule has 2 N–H and O–H groups in total. The minimum absolute atomic E-state index is 0.0577. The van der Waals surface area contributed by atoms with Gasteiger partial charge in [-0.1, -0.05) is 0 Å². The van der Waals surface area contributed by atoms with Crippen molar-refractivity contribution in [3.05, 3.63) is 0 Å². The van der Waals surface area contributed by atoms with Crippen molar-refractivity contribution in [2.45, 2.75) is 31.9 Å². The van der Waals surface area contributed by atoms with Crippen molar-refractivity contribution >= 4 is 5.97 Å². The molecule has 1 rings (SSSR count). The molecule has 0 radical (unpaired) electrons. The molecular formula is C10H19NO4. The highest BCUT2D eigenvalue weighted by molar-refractivity contribution is 5.80. The maximum Gasteiger partial charge on any atom is 0.328 e. The van der Waals surface area contributed by atoms with E-state index in [0.29, 0.717) is 19.8 Å². The Labute approximate surface area is 89.9 Å². The summed E-state index contributed by atoms with van der Waals surface area (Å²) in [6.07, 6.45) is 0.918. The minimum atomic E-state index is -1.07. The lowest BCUT2D eigenvalue weighted by Crippen LogP contribution is -2.50. The standard InChI is InChI=1S/C10H19NO4/c1-3-14-9(12)10(2,11)7-15-8-4-5-13-6-8/h8H,3-7,11H2,1-2H3. The van der Waals surface area contributed by atoms with Crippen LogP contribution >= 0.6 is 0 Å². The van der Waals surface area contributed by atoms with Crippen molar-refractivity contribution in [1.29, 1.82) is 0 Å². The van der Waals surface area contributed by atoms with E-state index in [1.54, 1.807) is 13.8 Å². The van der Waals surface area contributed by atoms with Crippen LogP contribution in [0.1, 0.15) is 20.3 Å². The first kappa shape index (κ1) is 12.4. The van der Waals surface area contributed by atoms with Gasteiger partial charge in [0.25, 0.3) is 0 Å². The maximum absolute atomic E-state index is 11.4. The number of ether oxygens (including phenoxy) is 3. The van der Waals surface area contributed by atoms with Crippen LogP contribution in [0.2, 0.25) is 0 Å². The van der Waals surface area contributed by atoms with E-state index >= 15 is 0 Å². The average Bonchev–Trinajstić information content (AvgIpc) is 2.68. The fraction of sp³-hybridized carbons (Fsp3) is 0.900. The van der Waals surface area contributed by atoms with Gasteiger partial charge in [0.15, 0.2) is 0 Å². The van der Waals surface area contributed by atoms with Crippen LogP contribution < -0.4 is 5.73 Å². The molecule has 0 aromatic rings. The van der Waals surface area contributed by atoms with Crippen molar-refractivity contribution in [3.8, 4) is 0 Å². The molecular weight excluding hydrogens is 198 g/mol. The van der Waals surface area contributed by atoms with E-state index in [4.69, 9.17) is 19.9 Å². The predicted octanol–water partition coefficient (Wildman–Crippen LogP) is 0.0724. The number of esters is 1. The zero-order chi connectivity index (χ0) is 11.3. The summed E-state index contributed by atoms with van der Waals surface area (Å²) in [6.45, 7) is 5.16. The van der Waals surface area contributed by atoms with Crippen LogP contribution in [0.15, 0.2) is 0 Å². The van der Waals surface area contributed by atoms with E-state index in [1.165, 1.54) is 0 Å². The van der Waals surface area contributed by atoms with Crippen molar-refractivity contribution in [2.24, 2.45) is 5.73 Å². The number of carbonyl (C=O) groups excluding carboxylic acids is 1. The van der Waals surface area contributed by atoms with Gasteiger partial charge in [-0.2, -0.15) is 0 Å². The van der Waals surface area contributed by atoms with Crippen molar-refractivity contribution in [2.75, 3.05) is 26.4 Å². The van der Waals surface area contributed by atoms with E-state index in [-0.39, 0.29) is 12.7 Å². The molecule has 1 fully saturated rings. The maximum atomic E-state index is 11.4. The van der Waals surface area contributed by atoms with Gasteiger partial charge in [-0.3, -0.25) is 0 Å². The van der Waals surface area contributed by atoms with Crippen LogP contribution in [0, 0.1) is 0 Å². The first-order chi connectivity index (χ1) is 7.06. The highest BCUT2D eigenvalue weighted by Gasteiger charge is 2.32. The van der Waals surface area contributed by atoms with E-state index in [2.05, 4.69) is 0 Å². The molecule has 2 atom stereocenters. The molecule has 0 aromatic heterocycles. The summed E-state index contributed by atoms with van der Waals surface area (Å²) in [7, 11) is 0. The topological polar surface area (TPSA) is 70.8 Å². The molecule has 5 heteroatoms. The summed E-state index contributed by atoms with van der Waals surface area (Å²) in [5, 5.41) is 0. The Morgan fingerprint density at radius 3 is 2.93 bits per heavy atom. The monoisotopic (exact) mass is 217 g/mol. The normalized spacial score (nSPS) is 24.9. The molecule has 5 nitrogen and oxygen atoms in total. The lowest BCUT2D eigenvalue weighted by Gasteiger charge is -2.23. The Bertz CT molecular complexity index is 211. The zero-order valence-corrected chi connectivity index (χ0v) is 9.32.